The van der Waals surface area contributed by atoms with Gasteiger partial charge in [-0.2, -0.15) is 0 Å². The summed E-state index contributed by atoms with van der Waals surface area (Å²) in [6.45, 7) is 0. The van der Waals surface area contributed by atoms with E-state index in [9.17, 15) is 0 Å². The van der Waals surface area contributed by atoms with Crippen molar-refractivity contribution in [1.82, 2.24) is 4.98 Å². The first-order valence-electron chi connectivity index (χ1n) is 16.3. The van der Waals surface area contributed by atoms with Gasteiger partial charge in [0.25, 0.3) is 0 Å². The Morgan fingerprint density at radius 3 is 1.81 bits per heavy atom. The number of thiophene rings is 1. The Bertz CT molecular complexity index is 2650. The topological polar surface area (TPSA) is 16.1 Å². The van der Waals surface area contributed by atoms with Gasteiger partial charge in [0, 0.05) is 38.7 Å². The van der Waals surface area contributed by atoms with Crippen LogP contribution in [0.4, 0.5) is 17.1 Å². The van der Waals surface area contributed by atoms with Crippen molar-refractivity contribution in [3.05, 3.63) is 170 Å². The van der Waals surface area contributed by atoms with E-state index >= 15 is 0 Å². The largest absolute Gasteiger partial charge is 0.310 e. The quantitative estimate of drug-likeness (QED) is 0.188. The summed E-state index contributed by atoms with van der Waals surface area (Å²) < 4.78 is 1.23. The maximum atomic E-state index is 4.64. The standard InChI is InChI=1S/C45H28N2S/c1-2-7-29(8-3-1)30-14-19-34(20-15-30)47(36-23-25-38-41-13-6-26-46-45(41)48-43(38)28-36)35-21-16-31(17-22-35)33-18-24-37-39-11-4-9-32-10-5-12-40(44(32)39)42(37)27-33/h1-28H. The fraction of sp³-hybridized carbons (Fsp3) is 0. The molecular weight excluding hydrogens is 601 g/mol. The van der Waals surface area contributed by atoms with Crippen LogP contribution >= 0.6 is 11.3 Å². The molecule has 0 bridgehead atoms. The molecule has 10 rings (SSSR count). The van der Waals surface area contributed by atoms with Crippen molar-refractivity contribution in [3.8, 4) is 44.5 Å². The van der Waals surface area contributed by atoms with Gasteiger partial charge in [-0.25, -0.2) is 4.98 Å². The van der Waals surface area contributed by atoms with Gasteiger partial charge in [0.05, 0.1) is 0 Å². The number of nitrogens with zero attached hydrogens (tertiary/aromatic N) is 2. The highest BCUT2D eigenvalue weighted by atomic mass is 32.1. The van der Waals surface area contributed by atoms with Gasteiger partial charge in [0.2, 0.25) is 0 Å². The van der Waals surface area contributed by atoms with Gasteiger partial charge < -0.3 is 4.90 Å². The lowest BCUT2D eigenvalue weighted by atomic mass is 9.97. The number of rotatable bonds is 5. The van der Waals surface area contributed by atoms with E-state index in [-0.39, 0.29) is 0 Å². The number of aromatic nitrogens is 1. The van der Waals surface area contributed by atoms with Crippen LogP contribution in [-0.2, 0) is 0 Å². The highest BCUT2D eigenvalue weighted by molar-refractivity contribution is 7.25. The second-order valence-corrected chi connectivity index (χ2v) is 13.4. The first-order chi connectivity index (χ1) is 23.8. The monoisotopic (exact) mass is 628 g/mol. The summed E-state index contributed by atoms with van der Waals surface area (Å²) in [7, 11) is 0. The molecule has 48 heavy (non-hydrogen) atoms. The molecule has 0 spiro atoms. The van der Waals surface area contributed by atoms with Crippen LogP contribution in [-0.4, -0.2) is 4.98 Å². The molecule has 0 aliphatic heterocycles. The molecule has 0 radical (unpaired) electrons. The maximum absolute atomic E-state index is 4.64. The zero-order chi connectivity index (χ0) is 31.6. The van der Waals surface area contributed by atoms with Crippen molar-refractivity contribution in [2.45, 2.75) is 0 Å². The van der Waals surface area contributed by atoms with E-state index in [4.69, 9.17) is 0 Å². The predicted molar refractivity (Wildman–Crippen MR) is 205 cm³/mol. The second-order valence-electron chi connectivity index (χ2n) is 12.4. The van der Waals surface area contributed by atoms with Gasteiger partial charge in [-0.3, -0.25) is 0 Å². The van der Waals surface area contributed by atoms with Crippen molar-refractivity contribution in [2.24, 2.45) is 0 Å². The minimum absolute atomic E-state index is 1.07. The number of benzene rings is 7. The average Bonchev–Trinajstić information content (AvgIpc) is 3.69. The summed E-state index contributed by atoms with van der Waals surface area (Å²) in [6.07, 6.45) is 1.88. The molecule has 2 nitrogen and oxygen atoms in total. The smallest absolute Gasteiger partial charge is 0.124 e. The van der Waals surface area contributed by atoms with Crippen LogP contribution in [0.3, 0.4) is 0 Å². The van der Waals surface area contributed by atoms with Gasteiger partial charge in [0.15, 0.2) is 0 Å². The third-order valence-corrected chi connectivity index (χ3v) is 10.8. The van der Waals surface area contributed by atoms with Crippen molar-refractivity contribution in [3.63, 3.8) is 0 Å². The van der Waals surface area contributed by atoms with Crippen LogP contribution in [0.1, 0.15) is 0 Å². The molecule has 1 aliphatic rings. The summed E-state index contributed by atoms with van der Waals surface area (Å²) in [5.74, 6) is 0. The second kappa shape index (κ2) is 10.8. The molecule has 0 fully saturated rings. The van der Waals surface area contributed by atoms with Crippen LogP contribution < -0.4 is 4.90 Å². The van der Waals surface area contributed by atoms with E-state index in [2.05, 4.69) is 168 Å². The summed E-state index contributed by atoms with van der Waals surface area (Å²) in [4.78, 5) is 8.06. The van der Waals surface area contributed by atoms with E-state index in [1.165, 1.54) is 70.8 Å². The third kappa shape index (κ3) is 4.29. The molecule has 224 valence electrons. The number of fused-ring (bicyclic) bond motifs is 6. The Hall–Kier alpha value is -6.03. The normalized spacial score (nSPS) is 11.8. The number of pyridine rings is 1. The van der Waals surface area contributed by atoms with E-state index in [1.807, 2.05) is 12.3 Å². The summed E-state index contributed by atoms with van der Waals surface area (Å²) in [5.41, 5.74) is 13.5. The molecule has 3 heteroatoms. The predicted octanol–water partition coefficient (Wildman–Crippen LogP) is 13.1. The van der Waals surface area contributed by atoms with E-state index < -0.39 is 0 Å². The van der Waals surface area contributed by atoms with Crippen LogP contribution in [0.2, 0.25) is 0 Å². The fourth-order valence-corrected chi connectivity index (χ4v) is 8.47. The van der Waals surface area contributed by atoms with Crippen molar-refractivity contribution in [1.29, 1.82) is 0 Å². The van der Waals surface area contributed by atoms with Crippen LogP contribution in [0.5, 0.6) is 0 Å². The first-order valence-corrected chi connectivity index (χ1v) is 17.1. The molecule has 2 heterocycles. The van der Waals surface area contributed by atoms with Crippen LogP contribution in [0, 0.1) is 0 Å². The SMILES string of the molecule is c1ccc(-c2ccc(N(c3ccc(-c4ccc5c(c4)-c4cccc6cccc-5c46)cc3)c3ccc4c(c3)sc3ncccc34)cc2)cc1. The van der Waals surface area contributed by atoms with E-state index in [0.29, 0.717) is 0 Å². The lowest BCUT2D eigenvalue weighted by Gasteiger charge is -2.26. The summed E-state index contributed by atoms with van der Waals surface area (Å²) >= 11 is 1.75. The van der Waals surface area contributed by atoms with Crippen LogP contribution in [0.15, 0.2) is 170 Å². The Labute approximate surface area is 282 Å². The highest BCUT2D eigenvalue weighted by Gasteiger charge is 2.22. The van der Waals surface area contributed by atoms with Gasteiger partial charge >= 0.3 is 0 Å². The van der Waals surface area contributed by atoms with Crippen molar-refractivity contribution < 1.29 is 0 Å². The Balaban J connectivity index is 1.06. The molecule has 7 aromatic carbocycles. The average molecular weight is 629 g/mol. The highest BCUT2D eigenvalue weighted by Crippen LogP contribution is 2.48. The molecule has 0 unspecified atom stereocenters. The molecule has 0 saturated heterocycles. The lowest BCUT2D eigenvalue weighted by Crippen LogP contribution is -2.09. The zero-order valence-electron chi connectivity index (χ0n) is 26.0. The van der Waals surface area contributed by atoms with E-state index in [1.54, 1.807) is 11.3 Å². The molecule has 9 aromatic rings. The fourth-order valence-electron chi connectivity index (χ4n) is 7.39. The molecule has 0 saturated carbocycles. The number of anilines is 3. The maximum Gasteiger partial charge on any atom is 0.124 e. The van der Waals surface area contributed by atoms with E-state index in [0.717, 1.165) is 21.9 Å². The van der Waals surface area contributed by atoms with Crippen molar-refractivity contribution in [2.75, 3.05) is 4.90 Å². The molecule has 0 atom stereocenters. The zero-order valence-corrected chi connectivity index (χ0v) is 26.8. The summed E-state index contributed by atoms with van der Waals surface area (Å²) in [5, 5.41) is 5.12. The van der Waals surface area contributed by atoms with Gasteiger partial charge in [-0.15, -0.1) is 11.3 Å². The molecule has 1 aliphatic carbocycles. The first kappa shape index (κ1) is 27.1. The van der Waals surface area contributed by atoms with Crippen LogP contribution in [0.25, 0.3) is 75.6 Å². The van der Waals surface area contributed by atoms with Gasteiger partial charge in [0.1, 0.15) is 4.83 Å². The molecule has 0 N–H and O–H groups in total. The number of hydrogen-bond acceptors (Lipinski definition) is 3. The number of hydrogen-bond donors (Lipinski definition) is 0. The Morgan fingerprint density at radius 1 is 0.417 bits per heavy atom. The van der Waals surface area contributed by atoms with Gasteiger partial charge in [-0.05, 0) is 110 Å². The Kier molecular flexibility index (Phi) is 6.08. The Morgan fingerprint density at radius 2 is 1.06 bits per heavy atom. The minimum Gasteiger partial charge on any atom is -0.310 e. The minimum atomic E-state index is 1.07. The third-order valence-electron chi connectivity index (χ3n) is 9.69. The molecule has 2 aromatic heterocycles. The molecular formula is C45H28N2S. The van der Waals surface area contributed by atoms with Crippen molar-refractivity contribution >= 4 is 59.5 Å². The summed E-state index contributed by atoms with van der Waals surface area (Å²) in [6, 6.07) is 59.6. The molecule has 0 amide bonds. The lowest BCUT2D eigenvalue weighted by molar-refractivity contribution is 1.29. The van der Waals surface area contributed by atoms with Gasteiger partial charge in [-0.1, -0.05) is 109 Å².